The molecule has 3 aromatic rings. The van der Waals surface area contributed by atoms with E-state index in [9.17, 15) is 9.90 Å². The number of rotatable bonds is 2. The van der Waals surface area contributed by atoms with E-state index < -0.39 is 5.97 Å². The fourth-order valence-electron chi connectivity index (χ4n) is 2.76. The largest absolute Gasteiger partial charge is 0.493 e. The molecule has 24 heavy (non-hydrogen) atoms. The van der Waals surface area contributed by atoms with Crippen LogP contribution in [0, 0.1) is 6.92 Å². The van der Waals surface area contributed by atoms with Gasteiger partial charge in [0.05, 0.1) is 18.4 Å². The summed E-state index contributed by atoms with van der Waals surface area (Å²) in [6, 6.07) is 5.02. The molecule has 2 aromatic heterocycles. The molecule has 0 aliphatic heterocycles. The molecule has 0 unspecified atom stereocenters. The van der Waals surface area contributed by atoms with Crippen molar-refractivity contribution in [2.75, 3.05) is 7.11 Å². The number of pyridine rings is 1. The van der Waals surface area contributed by atoms with Gasteiger partial charge in [-0.1, -0.05) is 29.3 Å². The van der Waals surface area contributed by atoms with Gasteiger partial charge < -0.3 is 14.4 Å². The first-order chi connectivity index (χ1) is 11.3. The molecule has 0 fully saturated rings. The van der Waals surface area contributed by atoms with E-state index in [-0.39, 0.29) is 5.88 Å². The second-order valence-corrected chi connectivity index (χ2v) is 6.23. The van der Waals surface area contributed by atoms with Crippen molar-refractivity contribution in [1.82, 2.24) is 9.55 Å². The fraction of sp³-hybridized carbons (Fsp3) is 0.176. The summed E-state index contributed by atoms with van der Waals surface area (Å²) in [7, 11) is 3.00. The Labute approximate surface area is 148 Å². The number of methoxy groups -OCH3 is 1. The van der Waals surface area contributed by atoms with Gasteiger partial charge in [0.2, 0.25) is 5.88 Å². The molecule has 1 N–H and O–H groups in total. The molecule has 3 rings (SSSR count). The highest BCUT2D eigenvalue weighted by Gasteiger charge is 2.25. The number of aromatic nitrogens is 2. The third-order valence-electron chi connectivity index (χ3n) is 3.87. The van der Waals surface area contributed by atoms with Crippen LogP contribution in [-0.4, -0.2) is 27.7 Å². The van der Waals surface area contributed by atoms with Gasteiger partial charge in [0.25, 0.3) is 0 Å². The SMILES string of the molecule is COC(=O)c1c(C)nc2c(O)n(C)cc2c1-c1ccc(Cl)cc1Cl. The van der Waals surface area contributed by atoms with Crippen LogP contribution in [0.25, 0.3) is 22.0 Å². The Morgan fingerprint density at radius 3 is 2.67 bits per heavy atom. The van der Waals surface area contributed by atoms with E-state index in [4.69, 9.17) is 27.9 Å². The van der Waals surface area contributed by atoms with Crippen LogP contribution in [-0.2, 0) is 11.8 Å². The van der Waals surface area contributed by atoms with Crippen molar-refractivity contribution in [1.29, 1.82) is 0 Å². The molecule has 0 atom stereocenters. The summed E-state index contributed by atoms with van der Waals surface area (Å²) in [5.41, 5.74) is 2.31. The molecule has 0 saturated carbocycles. The molecule has 2 heterocycles. The lowest BCUT2D eigenvalue weighted by molar-refractivity contribution is 0.0600. The van der Waals surface area contributed by atoms with Crippen molar-refractivity contribution in [2.45, 2.75) is 6.92 Å². The number of ether oxygens (including phenoxy) is 1. The van der Waals surface area contributed by atoms with Crippen molar-refractivity contribution < 1.29 is 14.6 Å². The highest BCUT2D eigenvalue weighted by atomic mass is 35.5. The van der Waals surface area contributed by atoms with Gasteiger partial charge in [-0.05, 0) is 19.1 Å². The van der Waals surface area contributed by atoms with Gasteiger partial charge in [0.15, 0.2) is 0 Å². The van der Waals surface area contributed by atoms with Crippen LogP contribution in [0.2, 0.25) is 10.0 Å². The predicted molar refractivity (Wildman–Crippen MR) is 93.9 cm³/mol. The van der Waals surface area contributed by atoms with Crippen LogP contribution in [0.1, 0.15) is 16.1 Å². The van der Waals surface area contributed by atoms with Crippen molar-refractivity contribution in [3.63, 3.8) is 0 Å². The maximum Gasteiger partial charge on any atom is 0.340 e. The molecule has 0 aliphatic rings. The Bertz CT molecular complexity index is 980. The van der Waals surface area contributed by atoms with E-state index in [1.807, 2.05) is 0 Å². The van der Waals surface area contributed by atoms with E-state index >= 15 is 0 Å². The second-order valence-electron chi connectivity index (χ2n) is 5.39. The Morgan fingerprint density at radius 1 is 1.33 bits per heavy atom. The molecule has 124 valence electrons. The number of carbonyl (C=O) groups is 1. The highest BCUT2D eigenvalue weighted by Crippen LogP contribution is 2.40. The summed E-state index contributed by atoms with van der Waals surface area (Å²) < 4.78 is 6.44. The molecule has 5 nitrogen and oxygen atoms in total. The number of halogens is 2. The fourth-order valence-corrected chi connectivity index (χ4v) is 3.26. The van der Waals surface area contributed by atoms with Gasteiger partial charge in [0.1, 0.15) is 5.52 Å². The van der Waals surface area contributed by atoms with E-state index in [1.165, 1.54) is 11.7 Å². The van der Waals surface area contributed by atoms with Gasteiger partial charge in [0, 0.05) is 39.8 Å². The maximum atomic E-state index is 12.3. The van der Waals surface area contributed by atoms with Crippen molar-refractivity contribution in [3.8, 4) is 17.0 Å². The molecule has 0 spiro atoms. The number of esters is 1. The number of nitrogens with zero attached hydrogens (tertiary/aromatic N) is 2. The standard InChI is InChI=1S/C17H14Cl2N2O3/c1-8-13(17(23)24-3)14(10-5-4-9(18)6-12(10)19)11-7-21(2)16(22)15(11)20-8/h4-7,22H,1-3H3. The molecule has 0 bridgehead atoms. The van der Waals surface area contributed by atoms with Crippen LogP contribution in [0.4, 0.5) is 0 Å². The number of fused-ring (bicyclic) bond motifs is 1. The van der Waals surface area contributed by atoms with Crippen LogP contribution in [0.15, 0.2) is 24.4 Å². The number of aromatic hydroxyl groups is 1. The normalized spacial score (nSPS) is 11.0. The van der Waals surface area contributed by atoms with E-state index in [1.54, 1.807) is 38.4 Å². The zero-order chi connectivity index (χ0) is 17.6. The lowest BCUT2D eigenvalue weighted by Gasteiger charge is -2.13. The van der Waals surface area contributed by atoms with Crippen LogP contribution < -0.4 is 0 Å². The van der Waals surface area contributed by atoms with E-state index in [2.05, 4.69) is 4.98 Å². The van der Waals surface area contributed by atoms with Gasteiger partial charge in [-0.15, -0.1) is 0 Å². The molecule has 7 heteroatoms. The number of hydrogen-bond acceptors (Lipinski definition) is 4. The second kappa shape index (κ2) is 6.00. The number of aryl methyl sites for hydroxylation is 2. The Morgan fingerprint density at radius 2 is 2.04 bits per heavy atom. The molecule has 0 amide bonds. The average Bonchev–Trinajstić information content (AvgIpc) is 2.81. The summed E-state index contributed by atoms with van der Waals surface area (Å²) in [6.45, 7) is 1.69. The number of carbonyl (C=O) groups excluding carboxylic acids is 1. The lowest BCUT2D eigenvalue weighted by atomic mass is 9.96. The van der Waals surface area contributed by atoms with E-state index in [0.29, 0.717) is 43.3 Å². The first-order valence-corrected chi connectivity index (χ1v) is 7.83. The summed E-state index contributed by atoms with van der Waals surface area (Å²) in [4.78, 5) is 16.7. The third kappa shape index (κ3) is 2.50. The Balaban J connectivity index is 2.50. The molecule has 1 aromatic carbocycles. The third-order valence-corrected chi connectivity index (χ3v) is 4.42. The van der Waals surface area contributed by atoms with Crippen molar-refractivity contribution in [3.05, 3.63) is 45.7 Å². The van der Waals surface area contributed by atoms with Crippen molar-refractivity contribution in [2.24, 2.45) is 7.05 Å². The summed E-state index contributed by atoms with van der Waals surface area (Å²) in [5.74, 6) is -0.512. The summed E-state index contributed by atoms with van der Waals surface area (Å²) >= 11 is 12.3. The first-order valence-electron chi connectivity index (χ1n) is 7.07. The molecular weight excluding hydrogens is 351 g/mol. The summed E-state index contributed by atoms with van der Waals surface area (Å²) in [5, 5.41) is 11.7. The molecule has 0 saturated heterocycles. The number of benzene rings is 1. The zero-order valence-corrected chi connectivity index (χ0v) is 14.7. The summed E-state index contributed by atoms with van der Waals surface area (Å²) in [6.07, 6.45) is 1.70. The van der Waals surface area contributed by atoms with Gasteiger partial charge in [-0.2, -0.15) is 0 Å². The topological polar surface area (TPSA) is 64.3 Å². The van der Waals surface area contributed by atoms with E-state index in [0.717, 1.165) is 0 Å². The van der Waals surface area contributed by atoms with Crippen LogP contribution >= 0.6 is 23.2 Å². The highest BCUT2D eigenvalue weighted by molar-refractivity contribution is 6.37. The molecule has 0 radical (unpaired) electrons. The lowest BCUT2D eigenvalue weighted by Crippen LogP contribution is -2.08. The quantitative estimate of drug-likeness (QED) is 0.686. The monoisotopic (exact) mass is 364 g/mol. The Hall–Kier alpha value is -2.24. The minimum Gasteiger partial charge on any atom is -0.493 e. The number of hydrogen-bond donors (Lipinski definition) is 1. The minimum atomic E-state index is -0.522. The maximum absolute atomic E-state index is 12.3. The molecule has 0 aliphatic carbocycles. The minimum absolute atomic E-state index is 0.0100. The van der Waals surface area contributed by atoms with Crippen LogP contribution in [0.3, 0.4) is 0 Å². The van der Waals surface area contributed by atoms with Crippen molar-refractivity contribution >= 4 is 40.1 Å². The Kier molecular flexibility index (Phi) is 4.15. The van der Waals surface area contributed by atoms with Crippen LogP contribution in [0.5, 0.6) is 5.88 Å². The zero-order valence-electron chi connectivity index (χ0n) is 13.2. The predicted octanol–water partition coefficient (Wildman–Crippen LogP) is 4.35. The average molecular weight is 365 g/mol. The van der Waals surface area contributed by atoms with Gasteiger partial charge in [-0.25, -0.2) is 9.78 Å². The first kappa shape index (κ1) is 16.6. The smallest absolute Gasteiger partial charge is 0.340 e. The van der Waals surface area contributed by atoms with Gasteiger partial charge in [-0.3, -0.25) is 0 Å². The molecular formula is C17H14Cl2N2O3. The van der Waals surface area contributed by atoms with Gasteiger partial charge >= 0.3 is 5.97 Å².